The molecule has 2 fully saturated rings. The molecule has 2 rings (SSSR count). The fourth-order valence-corrected chi connectivity index (χ4v) is 3.72. The first-order valence-electron chi connectivity index (χ1n) is 7.98. The van der Waals surface area contributed by atoms with Crippen molar-refractivity contribution in [2.24, 2.45) is 0 Å². The highest BCUT2D eigenvalue weighted by Crippen LogP contribution is 2.20. The van der Waals surface area contributed by atoms with Crippen LogP contribution in [0.2, 0.25) is 0 Å². The van der Waals surface area contributed by atoms with Crippen molar-refractivity contribution in [1.82, 2.24) is 14.9 Å². The average molecular weight is 333 g/mol. The normalized spacial score (nSPS) is 25.5. The lowest BCUT2D eigenvalue weighted by molar-refractivity contribution is -0.130. The number of hydrogen-bond donors (Lipinski definition) is 2. The van der Waals surface area contributed by atoms with E-state index < -0.39 is 10.0 Å². The Hall–Kier alpha value is -0.700. The highest BCUT2D eigenvalue weighted by Gasteiger charge is 2.31. The fourth-order valence-electron chi connectivity index (χ4n) is 2.92. The molecule has 2 bridgehead atoms. The van der Waals surface area contributed by atoms with Gasteiger partial charge in [-0.3, -0.25) is 4.79 Å². The van der Waals surface area contributed by atoms with Crippen molar-refractivity contribution in [2.75, 3.05) is 32.0 Å². The van der Waals surface area contributed by atoms with Gasteiger partial charge in [-0.15, -0.1) is 0 Å². The SMILES string of the molecule is CC(C)OCCS(=O)(=O)NCC(=O)N1CCC2CCC(C1)N2. The van der Waals surface area contributed by atoms with Crippen molar-refractivity contribution in [1.29, 1.82) is 0 Å². The Morgan fingerprint density at radius 3 is 2.77 bits per heavy atom. The summed E-state index contributed by atoms with van der Waals surface area (Å²) in [5.41, 5.74) is 0. The molecule has 0 radical (unpaired) electrons. The third-order valence-corrected chi connectivity index (χ3v) is 5.41. The maximum Gasteiger partial charge on any atom is 0.237 e. The minimum Gasteiger partial charge on any atom is -0.378 e. The molecule has 2 unspecified atom stereocenters. The summed E-state index contributed by atoms with van der Waals surface area (Å²) in [4.78, 5) is 14.0. The van der Waals surface area contributed by atoms with E-state index in [4.69, 9.17) is 4.74 Å². The Kier molecular flexibility index (Phi) is 6.19. The summed E-state index contributed by atoms with van der Waals surface area (Å²) in [7, 11) is -3.47. The lowest BCUT2D eigenvalue weighted by atomic mass is 10.1. The number of ether oxygens (including phenoxy) is 1. The molecule has 2 aliphatic rings. The number of nitrogens with zero attached hydrogens (tertiary/aromatic N) is 1. The van der Waals surface area contributed by atoms with Crippen LogP contribution in [0.4, 0.5) is 0 Å². The number of amides is 1. The molecule has 0 aliphatic carbocycles. The van der Waals surface area contributed by atoms with Gasteiger partial charge in [-0.1, -0.05) is 0 Å². The van der Waals surface area contributed by atoms with E-state index in [2.05, 4.69) is 10.0 Å². The van der Waals surface area contributed by atoms with Crippen LogP contribution >= 0.6 is 0 Å². The van der Waals surface area contributed by atoms with E-state index >= 15 is 0 Å². The molecule has 0 spiro atoms. The van der Waals surface area contributed by atoms with Gasteiger partial charge in [0.1, 0.15) is 0 Å². The average Bonchev–Trinajstić information content (AvgIpc) is 2.75. The van der Waals surface area contributed by atoms with Crippen LogP contribution in [0, 0.1) is 0 Å². The zero-order chi connectivity index (χ0) is 16.2. The molecule has 0 saturated carbocycles. The van der Waals surface area contributed by atoms with Gasteiger partial charge in [0.05, 0.1) is 25.0 Å². The van der Waals surface area contributed by atoms with E-state index in [0.29, 0.717) is 25.2 Å². The Bertz CT molecular complexity index is 480. The van der Waals surface area contributed by atoms with Crippen molar-refractivity contribution in [3.63, 3.8) is 0 Å². The number of carbonyl (C=O) groups is 1. The minimum atomic E-state index is -3.47. The van der Waals surface area contributed by atoms with Gasteiger partial charge in [-0.2, -0.15) is 0 Å². The third kappa shape index (κ3) is 5.49. The molecule has 7 nitrogen and oxygen atoms in total. The molecule has 0 aromatic rings. The molecule has 128 valence electrons. The van der Waals surface area contributed by atoms with Crippen LogP contribution in [0.3, 0.4) is 0 Å². The Labute approximate surface area is 132 Å². The monoisotopic (exact) mass is 333 g/mol. The largest absolute Gasteiger partial charge is 0.378 e. The van der Waals surface area contributed by atoms with E-state index in [0.717, 1.165) is 12.8 Å². The van der Waals surface area contributed by atoms with Crippen LogP contribution in [-0.2, 0) is 19.6 Å². The summed E-state index contributed by atoms with van der Waals surface area (Å²) in [5.74, 6) is -0.271. The Balaban J connectivity index is 1.74. The molecule has 2 N–H and O–H groups in total. The second-order valence-corrected chi connectivity index (χ2v) is 8.25. The third-order valence-electron chi connectivity index (χ3n) is 4.12. The topological polar surface area (TPSA) is 87.7 Å². The predicted molar refractivity (Wildman–Crippen MR) is 84.0 cm³/mol. The van der Waals surface area contributed by atoms with Gasteiger partial charge in [0.15, 0.2) is 0 Å². The van der Waals surface area contributed by atoms with E-state index in [1.165, 1.54) is 6.42 Å². The zero-order valence-electron chi connectivity index (χ0n) is 13.4. The maximum atomic E-state index is 12.2. The Morgan fingerprint density at radius 2 is 2.05 bits per heavy atom. The first kappa shape index (κ1) is 17.7. The number of sulfonamides is 1. The van der Waals surface area contributed by atoms with Gasteiger partial charge in [0.25, 0.3) is 0 Å². The summed E-state index contributed by atoms with van der Waals surface area (Å²) >= 11 is 0. The number of fused-ring (bicyclic) bond motifs is 2. The number of hydrogen-bond acceptors (Lipinski definition) is 5. The van der Waals surface area contributed by atoms with Crippen LogP contribution in [0.15, 0.2) is 0 Å². The first-order chi connectivity index (χ1) is 10.4. The molecule has 2 heterocycles. The van der Waals surface area contributed by atoms with Crippen LogP contribution in [0.1, 0.15) is 33.1 Å². The second-order valence-electron chi connectivity index (χ2n) is 6.33. The molecule has 2 atom stereocenters. The minimum absolute atomic E-state index is 0.00291. The highest BCUT2D eigenvalue weighted by atomic mass is 32.2. The van der Waals surface area contributed by atoms with Crippen LogP contribution in [0.25, 0.3) is 0 Å². The van der Waals surface area contributed by atoms with Crippen molar-refractivity contribution < 1.29 is 17.9 Å². The van der Waals surface area contributed by atoms with Crippen LogP contribution < -0.4 is 10.0 Å². The van der Waals surface area contributed by atoms with Gasteiger partial charge in [0, 0.05) is 25.2 Å². The summed E-state index contributed by atoms with van der Waals surface area (Å²) < 4.78 is 31.2. The molecular formula is C14H27N3O4S. The van der Waals surface area contributed by atoms with Crippen LogP contribution in [0.5, 0.6) is 0 Å². The lowest BCUT2D eigenvalue weighted by Gasteiger charge is -2.24. The van der Waals surface area contributed by atoms with Gasteiger partial charge in [0.2, 0.25) is 15.9 Å². The van der Waals surface area contributed by atoms with E-state index in [-0.39, 0.29) is 30.9 Å². The fraction of sp³-hybridized carbons (Fsp3) is 0.929. The Morgan fingerprint density at radius 1 is 1.32 bits per heavy atom. The summed E-state index contributed by atoms with van der Waals surface area (Å²) in [5, 5.41) is 3.50. The number of nitrogens with one attached hydrogen (secondary N) is 2. The van der Waals surface area contributed by atoms with Crippen molar-refractivity contribution in [3.8, 4) is 0 Å². The second kappa shape index (κ2) is 7.72. The molecule has 2 aliphatic heterocycles. The summed E-state index contributed by atoms with van der Waals surface area (Å²) in [6.07, 6.45) is 3.20. The van der Waals surface area contributed by atoms with Crippen molar-refractivity contribution in [2.45, 2.75) is 51.3 Å². The van der Waals surface area contributed by atoms with Gasteiger partial charge >= 0.3 is 0 Å². The predicted octanol–water partition coefficient (Wildman–Crippen LogP) is -0.316. The van der Waals surface area contributed by atoms with Gasteiger partial charge < -0.3 is 15.0 Å². The lowest BCUT2D eigenvalue weighted by Crippen LogP contribution is -2.44. The molecule has 0 aromatic heterocycles. The zero-order valence-corrected chi connectivity index (χ0v) is 14.2. The summed E-state index contributed by atoms with van der Waals surface area (Å²) in [6, 6.07) is 0.861. The molecule has 2 saturated heterocycles. The molecule has 8 heteroatoms. The maximum absolute atomic E-state index is 12.2. The standard InChI is InChI=1S/C14H27N3O4S/c1-11(2)21-7-8-22(19,20)15-9-14(18)17-6-5-12-3-4-13(10-17)16-12/h11-13,15-16H,3-10H2,1-2H3. The number of rotatable bonds is 7. The molecule has 0 aromatic carbocycles. The van der Waals surface area contributed by atoms with E-state index in [9.17, 15) is 13.2 Å². The summed E-state index contributed by atoms with van der Waals surface area (Å²) in [6.45, 7) is 5.05. The number of likely N-dealkylation sites (tertiary alicyclic amines) is 1. The molecular weight excluding hydrogens is 306 g/mol. The molecule has 1 amide bonds. The molecule has 22 heavy (non-hydrogen) atoms. The van der Waals surface area contributed by atoms with E-state index in [1.54, 1.807) is 4.90 Å². The van der Waals surface area contributed by atoms with Gasteiger partial charge in [-0.25, -0.2) is 13.1 Å². The van der Waals surface area contributed by atoms with Crippen molar-refractivity contribution >= 4 is 15.9 Å². The van der Waals surface area contributed by atoms with Gasteiger partial charge in [-0.05, 0) is 33.1 Å². The highest BCUT2D eigenvalue weighted by molar-refractivity contribution is 7.89. The van der Waals surface area contributed by atoms with Crippen LogP contribution in [-0.4, -0.2) is 69.4 Å². The van der Waals surface area contributed by atoms with Crippen molar-refractivity contribution in [3.05, 3.63) is 0 Å². The van der Waals surface area contributed by atoms with E-state index in [1.807, 2.05) is 13.8 Å². The smallest absolute Gasteiger partial charge is 0.237 e. The first-order valence-corrected chi connectivity index (χ1v) is 9.64. The quantitative estimate of drug-likeness (QED) is 0.667. The number of carbonyl (C=O) groups excluding carboxylic acids is 1.